The van der Waals surface area contributed by atoms with E-state index in [2.05, 4.69) is 35.7 Å². The van der Waals surface area contributed by atoms with Crippen molar-refractivity contribution in [2.24, 2.45) is 0 Å². The Hall–Kier alpha value is -1.97. The monoisotopic (exact) mass is 513 g/mol. The molecule has 0 unspecified atom stereocenters. The number of hydrogen-bond donors (Lipinski definition) is 0. The summed E-state index contributed by atoms with van der Waals surface area (Å²) in [7, 11) is 2.09. The van der Waals surface area contributed by atoms with Crippen LogP contribution < -0.4 is 9.64 Å². The Bertz CT molecular complexity index is 985. The lowest BCUT2D eigenvalue weighted by atomic mass is 10.1. The molecule has 1 aromatic heterocycles. The second-order valence-electron chi connectivity index (χ2n) is 10.4. The number of aromatic nitrogens is 1. The fourth-order valence-corrected chi connectivity index (χ4v) is 5.07. The van der Waals surface area contributed by atoms with E-state index in [9.17, 15) is 9.59 Å². The zero-order valence-corrected chi connectivity index (χ0v) is 22.1. The Morgan fingerprint density at radius 3 is 2.47 bits per heavy atom. The van der Waals surface area contributed by atoms with E-state index in [0.29, 0.717) is 37.6 Å². The third-order valence-electron chi connectivity index (χ3n) is 6.63. The lowest BCUT2D eigenvalue weighted by molar-refractivity contribution is 0.000952. The third kappa shape index (κ3) is 4.75. The van der Waals surface area contributed by atoms with Gasteiger partial charge in [0.05, 0.1) is 6.04 Å². The summed E-state index contributed by atoms with van der Waals surface area (Å²) < 4.78 is 11.6. The maximum Gasteiger partial charge on any atom is 0.410 e. The molecule has 2 amide bonds. The van der Waals surface area contributed by atoms with Gasteiger partial charge in [0, 0.05) is 44.8 Å². The van der Waals surface area contributed by atoms with E-state index >= 15 is 0 Å². The first kappa shape index (κ1) is 25.1. The van der Waals surface area contributed by atoms with E-state index in [-0.39, 0.29) is 46.6 Å². The molecule has 9 nitrogen and oxygen atoms in total. The SMILES string of the molecule is C[C@@H]1CN(c2nc(Cl)c(Cl)c3c2C(=O)N2CCN(C(=O)OC(C)(C)C)C[C@@H]2CO3)[C@@H](C)CN1C. The Labute approximate surface area is 210 Å². The van der Waals surface area contributed by atoms with Gasteiger partial charge in [-0.2, -0.15) is 0 Å². The lowest BCUT2D eigenvalue weighted by Gasteiger charge is -2.44. The van der Waals surface area contributed by atoms with Crippen LogP contribution >= 0.6 is 23.2 Å². The van der Waals surface area contributed by atoms with Crippen molar-refractivity contribution in [1.82, 2.24) is 19.7 Å². The first-order valence-electron chi connectivity index (χ1n) is 11.6. The van der Waals surface area contributed by atoms with Crippen LogP contribution in [0.4, 0.5) is 10.6 Å². The van der Waals surface area contributed by atoms with E-state index in [1.54, 1.807) is 9.80 Å². The van der Waals surface area contributed by atoms with Crippen LogP contribution in [0, 0.1) is 0 Å². The number of amides is 2. The zero-order valence-electron chi connectivity index (χ0n) is 20.6. The van der Waals surface area contributed by atoms with Gasteiger partial charge in [-0.1, -0.05) is 23.2 Å². The van der Waals surface area contributed by atoms with E-state index < -0.39 is 11.7 Å². The van der Waals surface area contributed by atoms with Crippen LogP contribution in [-0.2, 0) is 4.74 Å². The Morgan fingerprint density at radius 1 is 1.09 bits per heavy atom. The summed E-state index contributed by atoms with van der Waals surface area (Å²) in [4.78, 5) is 38.8. The Morgan fingerprint density at radius 2 is 1.79 bits per heavy atom. The van der Waals surface area contributed by atoms with Crippen molar-refractivity contribution in [3.63, 3.8) is 0 Å². The predicted molar refractivity (Wildman–Crippen MR) is 131 cm³/mol. The number of nitrogens with zero attached hydrogens (tertiary/aromatic N) is 5. The van der Waals surface area contributed by atoms with Crippen LogP contribution in [0.3, 0.4) is 0 Å². The molecule has 0 radical (unpaired) electrons. The van der Waals surface area contributed by atoms with Crippen LogP contribution in [0.5, 0.6) is 5.75 Å². The molecule has 0 aliphatic carbocycles. The summed E-state index contributed by atoms with van der Waals surface area (Å²) in [6, 6.07) is 0.0497. The molecule has 0 spiro atoms. The van der Waals surface area contributed by atoms with E-state index in [1.807, 2.05) is 20.8 Å². The molecule has 1 aromatic rings. The van der Waals surface area contributed by atoms with Gasteiger partial charge in [0.25, 0.3) is 5.91 Å². The molecule has 2 fully saturated rings. The van der Waals surface area contributed by atoms with Gasteiger partial charge in [0.1, 0.15) is 28.6 Å². The number of pyridine rings is 1. The molecule has 3 aliphatic heterocycles. The summed E-state index contributed by atoms with van der Waals surface area (Å²) in [5.41, 5.74) is -0.257. The number of rotatable bonds is 1. The number of ether oxygens (including phenoxy) is 2. The molecule has 4 heterocycles. The first-order chi connectivity index (χ1) is 15.9. The van der Waals surface area contributed by atoms with Crippen molar-refractivity contribution in [2.45, 2.75) is 58.3 Å². The standard InChI is InChI=1S/C23H33Cl2N5O4/c1-13-10-30(14(2)9-27(13)6)20-16-18(17(24)19(25)26-20)33-12-15-11-28(7-8-29(15)21(16)31)22(32)34-23(3,4)5/h13-15H,7-12H2,1-6H3/t13-,14+,15-/m1/s1. The molecule has 34 heavy (non-hydrogen) atoms. The summed E-state index contributed by atoms with van der Waals surface area (Å²) >= 11 is 12.9. The summed E-state index contributed by atoms with van der Waals surface area (Å²) in [6.07, 6.45) is -0.398. The van der Waals surface area contributed by atoms with Gasteiger partial charge < -0.3 is 24.2 Å². The van der Waals surface area contributed by atoms with Gasteiger partial charge in [-0.3, -0.25) is 9.69 Å². The van der Waals surface area contributed by atoms with Gasteiger partial charge in [-0.25, -0.2) is 9.78 Å². The molecule has 3 atom stereocenters. The summed E-state index contributed by atoms with van der Waals surface area (Å²) in [5.74, 6) is 0.553. The minimum atomic E-state index is -0.596. The number of hydrogen-bond acceptors (Lipinski definition) is 7. The average Bonchev–Trinajstić information content (AvgIpc) is 2.89. The quantitative estimate of drug-likeness (QED) is 0.532. The van der Waals surface area contributed by atoms with Crippen LogP contribution in [0.1, 0.15) is 45.0 Å². The highest BCUT2D eigenvalue weighted by Gasteiger charge is 2.42. The molecule has 0 saturated carbocycles. The van der Waals surface area contributed by atoms with Crippen molar-refractivity contribution < 1.29 is 19.1 Å². The number of fused-ring (bicyclic) bond motifs is 2. The van der Waals surface area contributed by atoms with Gasteiger partial charge in [-0.15, -0.1) is 0 Å². The number of carbonyl (C=O) groups is 2. The number of likely N-dealkylation sites (N-methyl/N-ethyl adjacent to an activating group) is 1. The van der Waals surface area contributed by atoms with E-state index in [1.165, 1.54) is 0 Å². The second kappa shape index (κ2) is 9.24. The average molecular weight is 514 g/mol. The number of halogens is 2. The Kier molecular flexibility index (Phi) is 6.83. The van der Waals surface area contributed by atoms with Crippen molar-refractivity contribution in [3.8, 4) is 5.75 Å². The molecule has 2 saturated heterocycles. The van der Waals surface area contributed by atoms with Gasteiger partial charge >= 0.3 is 6.09 Å². The van der Waals surface area contributed by atoms with Crippen LogP contribution in [0.2, 0.25) is 10.2 Å². The van der Waals surface area contributed by atoms with Gasteiger partial charge in [-0.05, 0) is 41.7 Å². The molecule has 11 heteroatoms. The molecule has 0 bridgehead atoms. The van der Waals surface area contributed by atoms with Crippen molar-refractivity contribution in [2.75, 3.05) is 51.3 Å². The lowest BCUT2D eigenvalue weighted by Crippen LogP contribution is -2.58. The fourth-order valence-electron chi connectivity index (χ4n) is 4.71. The second-order valence-corrected chi connectivity index (χ2v) is 11.2. The highest BCUT2D eigenvalue weighted by molar-refractivity contribution is 6.42. The van der Waals surface area contributed by atoms with Crippen molar-refractivity contribution in [1.29, 1.82) is 0 Å². The minimum absolute atomic E-state index is 0.109. The molecule has 188 valence electrons. The fraction of sp³-hybridized carbons (Fsp3) is 0.696. The number of anilines is 1. The topological polar surface area (TPSA) is 78.5 Å². The van der Waals surface area contributed by atoms with Crippen LogP contribution in [0.25, 0.3) is 0 Å². The molecule has 3 aliphatic rings. The van der Waals surface area contributed by atoms with Crippen LogP contribution in [-0.4, -0.2) is 102 Å². The van der Waals surface area contributed by atoms with Crippen molar-refractivity contribution >= 4 is 41.0 Å². The summed E-state index contributed by atoms with van der Waals surface area (Å²) in [6.45, 7) is 12.5. The smallest absolute Gasteiger partial charge is 0.410 e. The number of piperazine rings is 2. The van der Waals surface area contributed by atoms with Gasteiger partial charge in [0.2, 0.25) is 0 Å². The largest absolute Gasteiger partial charge is 0.489 e. The molecular formula is C23H33Cl2N5O4. The van der Waals surface area contributed by atoms with Gasteiger partial charge in [0.15, 0.2) is 10.9 Å². The maximum atomic E-state index is 13.9. The third-order valence-corrected chi connectivity index (χ3v) is 7.35. The highest BCUT2D eigenvalue weighted by Crippen LogP contribution is 2.42. The highest BCUT2D eigenvalue weighted by atomic mass is 35.5. The minimum Gasteiger partial charge on any atom is -0.489 e. The maximum absolute atomic E-state index is 13.9. The normalized spacial score (nSPS) is 25.9. The first-order valence-corrected chi connectivity index (χ1v) is 12.4. The molecule has 0 N–H and O–H groups in total. The number of carbonyl (C=O) groups excluding carboxylic acids is 2. The Balaban J connectivity index is 1.66. The molecule has 4 rings (SSSR count). The summed E-state index contributed by atoms with van der Waals surface area (Å²) in [5, 5.41) is 0.240. The molecular weight excluding hydrogens is 481 g/mol. The van der Waals surface area contributed by atoms with E-state index in [4.69, 9.17) is 32.7 Å². The zero-order chi connectivity index (χ0) is 24.9. The predicted octanol–water partition coefficient (Wildman–Crippen LogP) is 3.37. The van der Waals surface area contributed by atoms with Crippen molar-refractivity contribution in [3.05, 3.63) is 15.7 Å². The van der Waals surface area contributed by atoms with E-state index in [0.717, 1.165) is 6.54 Å². The molecule has 0 aromatic carbocycles. The van der Waals surface area contributed by atoms with Crippen LogP contribution in [0.15, 0.2) is 0 Å².